The number of nitrogens with zero attached hydrogens (tertiary/aromatic N) is 2. The smallest absolute Gasteiger partial charge is 0.398 e. The van der Waals surface area contributed by atoms with Crippen molar-refractivity contribution in [3.05, 3.63) is 22.3 Å². The van der Waals surface area contributed by atoms with Gasteiger partial charge in [-0.3, -0.25) is 0 Å². The van der Waals surface area contributed by atoms with E-state index in [-0.39, 0.29) is 0 Å². The van der Waals surface area contributed by atoms with E-state index in [1.807, 2.05) is 0 Å². The first-order valence-corrected chi connectivity index (χ1v) is 4.66. The highest BCUT2D eigenvalue weighted by atomic mass is 19.4. The Hall–Kier alpha value is -2.62. The van der Waals surface area contributed by atoms with E-state index in [0.717, 1.165) is 12.1 Å². The zero-order valence-electron chi connectivity index (χ0n) is 9.32. The summed E-state index contributed by atoms with van der Waals surface area (Å²) in [4.78, 5) is 0. The Bertz CT molecular complexity index is 591. The Morgan fingerprint density at radius 2 is 1.00 bits per heavy atom. The quantitative estimate of drug-likeness (QED) is 0.567. The predicted molar refractivity (Wildman–Crippen MR) is 54.7 cm³/mol. The van der Waals surface area contributed by atoms with Crippen LogP contribution < -0.4 is 11.5 Å². The molecule has 1 rings (SSSR count). The Morgan fingerprint density at radius 3 is 1.20 bits per heavy atom. The van der Waals surface area contributed by atoms with Crippen molar-refractivity contribution in [3.63, 3.8) is 0 Å². The first-order chi connectivity index (χ1) is 8.96. The third-order valence-electron chi connectivity index (χ3n) is 2.37. The third-order valence-corrected chi connectivity index (χ3v) is 2.37. The second-order valence-corrected chi connectivity index (χ2v) is 3.55. The Labute approximate surface area is 107 Å². The maximum atomic E-state index is 12.7. The molecule has 0 saturated heterocycles. The first kappa shape index (κ1) is 15.4. The lowest BCUT2D eigenvalue weighted by molar-refractivity contribution is -0.141. The van der Waals surface area contributed by atoms with Crippen LogP contribution in [0.15, 0.2) is 0 Å². The van der Waals surface area contributed by atoms with E-state index in [9.17, 15) is 26.3 Å². The van der Waals surface area contributed by atoms with Gasteiger partial charge >= 0.3 is 12.4 Å². The third kappa shape index (κ3) is 2.28. The molecule has 0 unspecified atom stereocenters. The molecule has 10 heteroatoms. The molecule has 20 heavy (non-hydrogen) atoms. The maximum absolute atomic E-state index is 12.7. The number of rotatable bonds is 0. The Balaban J connectivity index is 4.07. The minimum atomic E-state index is -5.32. The number of nitrogens with two attached hydrogens (primary N) is 2. The first-order valence-electron chi connectivity index (χ1n) is 4.66. The van der Waals surface area contributed by atoms with Crippen LogP contribution in [-0.2, 0) is 12.4 Å². The average Bonchev–Trinajstić information content (AvgIpc) is 2.27. The van der Waals surface area contributed by atoms with Gasteiger partial charge in [0.1, 0.15) is 12.1 Å². The molecule has 106 valence electrons. The van der Waals surface area contributed by atoms with Crippen molar-refractivity contribution in [2.75, 3.05) is 11.5 Å². The molecule has 0 aromatic heterocycles. The number of benzene rings is 1. The number of halogens is 6. The van der Waals surface area contributed by atoms with Gasteiger partial charge in [-0.25, -0.2) is 0 Å². The second kappa shape index (κ2) is 4.49. The van der Waals surface area contributed by atoms with Gasteiger partial charge in [-0.2, -0.15) is 36.9 Å². The summed E-state index contributed by atoms with van der Waals surface area (Å²) in [6.07, 6.45) is -10.6. The number of alkyl halides is 6. The second-order valence-electron chi connectivity index (χ2n) is 3.55. The van der Waals surface area contributed by atoms with Gasteiger partial charge in [0.25, 0.3) is 0 Å². The van der Waals surface area contributed by atoms with Crippen LogP contribution in [0.4, 0.5) is 37.7 Å². The van der Waals surface area contributed by atoms with Crippen LogP contribution in [0, 0.1) is 22.7 Å². The number of hydrogen-bond donors (Lipinski definition) is 2. The molecule has 4 N–H and O–H groups in total. The van der Waals surface area contributed by atoms with Crippen LogP contribution in [0.2, 0.25) is 0 Å². The SMILES string of the molecule is N#Cc1c(N)c(C#N)c(C(F)(F)F)c(N)c1C(F)(F)F. The lowest BCUT2D eigenvalue weighted by atomic mass is 9.93. The largest absolute Gasteiger partial charge is 0.419 e. The minimum Gasteiger partial charge on any atom is -0.398 e. The van der Waals surface area contributed by atoms with Crippen molar-refractivity contribution in [2.45, 2.75) is 12.4 Å². The van der Waals surface area contributed by atoms with Crippen molar-refractivity contribution >= 4 is 11.4 Å². The average molecular weight is 294 g/mol. The maximum Gasteiger partial charge on any atom is 0.419 e. The number of anilines is 2. The van der Waals surface area contributed by atoms with Crippen molar-refractivity contribution < 1.29 is 26.3 Å². The monoisotopic (exact) mass is 294 g/mol. The summed E-state index contributed by atoms with van der Waals surface area (Å²) in [5, 5.41) is 17.2. The summed E-state index contributed by atoms with van der Waals surface area (Å²) < 4.78 is 76.5. The minimum absolute atomic E-state index is 1.02. The van der Waals surface area contributed by atoms with Gasteiger partial charge in [-0.15, -0.1) is 0 Å². The summed E-state index contributed by atoms with van der Waals surface area (Å²) in [6.45, 7) is 0. The van der Waals surface area contributed by atoms with E-state index in [4.69, 9.17) is 22.0 Å². The normalized spacial score (nSPS) is 11.8. The fourth-order valence-electron chi connectivity index (χ4n) is 1.61. The van der Waals surface area contributed by atoms with E-state index < -0.39 is 46.0 Å². The van der Waals surface area contributed by atoms with Gasteiger partial charge in [0.2, 0.25) is 0 Å². The molecule has 0 fully saturated rings. The molecule has 0 spiro atoms. The van der Waals surface area contributed by atoms with Gasteiger partial charge in [-0.05, 0) is 0 Å². The van der Waals surface area contributed by atoms with Crippen LogP contribution in [0.3, 0.4) is 0 Å². The van der Waals surface area contributed by atoms with Crippen molar-refractivity contribution in [1.29, 1.82) is 10.5 Å². The van der Waals surface area contributed by atoms with Gasteiger partial charge in [-0.1, -0.05) is 0 Å². The molecule has 0 aliphatic rings. The van der Waals surface area contributed by atoms with Crippen LogP contribution in [-0.4, -0.2) is 0 Å². The van der Waals surface area contributed by atoms with Crippen molar-refractivity contribution in [2.24, 2.45) is 0 Å². The van der Waals surface area contributed by atoms with Crippen molar-refractivity contribution in [1.82, 2.24) is 0 Å². The molecule has 0 radical (unpaired) electrons. The molecule has 1 aromatic carbocycles. The van der Waals surface area contributed by atoms with E-state index in [0.29, 0.717) is 0 Å². The predicted octanol–water partition coefficient (Wildman–Crippen LogP) is 2.63. The topological polar surface area (TPSA) is 99.6 Å². The summed E-state index contributed by atoms with van der Waals surface area (Å²) in [7, 11) is 0. The number of nitrogen functional groups attached to an aromatic ring is 2. The Morgan fingerprint density at radius 1 is 0.700 bits per heavy atom. The molecule has 4 nitrogen and oxygen atoms in total. The fraction of sp³-hybridized carbons (Fsp3) is 0.200. The lowest BCUT2D eigenvalue weighted by Gasteiger charge is -2.20. The Kier molecular flexibility index (Phi) is 3.46. The van der Waals surface area contributed by atoms with Crippen LogP contribution in [0.25, 0.3) is 0 Å². The molecule has 0 aliphatic heterocycles. The fourth-order valence-corrected chi connectivity index (χ4v) is 1.61. The molecule has 1 aromatic rings. The number of nitriles is 2. The highest BCUT2D eigenvalue weighted by Gasteiger charge is 2.45. The molecule has 0 amide bonds. The molecule has 0 saturated carbocycles. The number of hydrogen-bond acceptors (Lipinski definition) is 4. The van der Waals surface area contributed by atoms with Crippen LogP contribution in [0.1, 0.15) is 22.3 Å². The molecular formula is C10H4F6N4. The van der Waals surface area contributed by atoms with E-state index >= 15 is 0 Å². The van der Waals surface area contributed by atoms with Crippen LogP contribution in [0.5, 0.6) is 0 Å². The molecular weight excluding hydrogens is 290 g/mol. The highest BCUT2D eigenvalue weighted by Crippen LogP contribution is 2.47. The van der Waals surface area contributed by atoms with Gasteiger partial charge in [0.05, 0.1) is 33.6 Å². The summed E-state index contributed by atoms with van der Waals surface area (Å²) in [5.41, 5.74) is 0.394. The summed E-state index contributed by atoms with van der Waals surface area (Å²) >= 11 is 0. The van der Waals surface area contributed by atoms with Gasteiger partial charge in [0, 0.05) is 0 Å². The summed E-state index contributed by atoms with van der Waals surface area (Å²) in [6, 6.07) is 2.04. The lowest BCUT2D eigenvalue weighted by Crippen LogP contribution is -2.21. The molecule has 0 atom stereocenters. The zero-order valence-corrected chi connectivity index (χ0v) is 9.32. The molecule has 0 bridgehead atoms. The highest BCUT2D eigenvalue weighted by molar-refractivity contribution is 5.78. The zero-order chi connectivity index (χ0) is 15.9. The van der Waals surface area contributed by atoms with Gasteiger partial charge in [0.15, 0.2) is 0 Å². The van der Waals surface area contributed by atoms with E-state index in [2.05, 4.69) is 0 Å². The standard InChI is InChI=1S/C10H4F6N4/c11-9(12,13)5-3(1-17)7(19)4(2-18)6(8(5)20)10(14,15)16/h19-20H2. The molecule has 0 aliphatic carbocycles. The van der Waals surface area contributed by atoms with E-state index in [1.165, 1.54) is 0 Å². The molecule has 0 heterocycles. The van der Waals surface area contributed by atoms with E-state index in [1.54, 1.807) is 0 Å². The summed E-state index contributed by atoms with van der Waals surface area (Å²) in [5.74, 6) is 0. The van der Waals surface area contributed by atoms with Gasteiger partial charge < -0.3 is 11.5 Å². The van der Waals surface area contributed by atoms with Crippen molar-refractivity contribution in [3.8, 4) is 12.1 Å². The van der Waals surface area contributed by atoms with Crippen LogP contribution >= 0.6 is 0 Å².